The number of aromatic nitrogens is 4. The number of nitrogens with one attached hydrogen (secondary N) is 2. The lowest BCUT2D eigenvalue weighted by Crippen LogP contribution is -2.25. The van der Waals surface area contributed by atoms with Crippen molar-refractivity contribution in [2.24, 2.45) is 0 Å². The lowest BCUT2D eigenvalue weighted by atomic mass is 10.1. The maximum Gasteiger partial charge on any atom is 0.251 e. The molecule has 0 spiro atoms. The number of anilines is 2. The lowest BCUT2D eigenvalue weighted by Gasteiger charge is -2.10. The quantitative estimate of drug-likeness (QED) is 0.444. The largest absolute Gasteiger partial charge is 0.352 e. The number of rotatable bonds is 6. The van der Waals surface area contributed by atoms with Crippen LogP contribution in [0.3, 0.4) is 0 Å². The van der Waals surface area contributed by atoms with E-state index in [-0.39, 0.29) is 5.91 Å². The van der Waals surface area contributed by atoms with E-state index >= 15 is 0 Å². The van der Waals surface area contributed by atoms with Gasteiger partial charge in [-0.3, -0.25) is 9.20 Å². The molecule has 2 aromatic heterocycles. The standard InChI is InChI=1S/C24H20N6O/c31-24(25-15-14-17-6-2-1-3-7-17)18-10-12-19(13-11-18)27-22-23-29-26-16-30(23)21-9-5-4-8-20(21)28-22/h1-13,16H,14-15H2,(H,25,31)(H,27,28). The molecule has 0 saturated carbocycles. The van der Waals surface area contributed by atoms with Gasteiger partial charge in [0, 0.05) is 17.8 Å². The molecule has 0 atom stereocenters. The van der Waals surface area contributed by atoms with Crippen molar-refractivity contribution < 1.29 is 4.79 Å². The summed E-state index contributed by atoms with van der Waals surface area (Å²) in [6.07, 6.45) is 2.47. The highest BCUT2D eigenvalue weighted by Crippen LogP contribution is 2.23. The molecule has 1 amide bonds. The Morgan fingerprint density at radius 3 is 2.52 bits per heavy atom. The molecule has 31 heavy (non-hydrogen) atoms. The summed E-state index contributed by atoms with van der Waals surface area (Å²) in [5.74, 6) is 0.516. The first-order chi connectivity index (χ1) is 15.3. The topological polar surface area (TPSA) is 84.2 Å². The van der Waals surface area contributed by atoms with Crippen molar-refractivity contribution in [3.8, 4) is 0 Å². The summed E-state index contributed by atoms with van der Waals surface area (Å²) in [4.78, 5) is 17.1. The number of hydrogen-bond donors (Lipinski definition) is 2. The minimum atomic E-state index is -0.0915. The number of fused-ring (bicyclic) bond motifs is 3. The van der Waals surface area contributed by atoms with E-state index in [2.05, 4.69) is 37.9 Å². The summed E-state index contributed by atoms with van der Waals surface area (Å²) in [6.45, 7) is 0.592. The molecule has 5 aromatic rings. The Hall–Kier alpha value is -4.26. The summed E-state index contributed by atoms with van der Waals surface area (Å²) in [7, 11) is 0. The van der Waals surface area contributed by atoms with Crippen LogP contribution in [0.15, 0.2) is 85.2 Å². The van der Waals surface area contributed by atoms with Crippen molar-refractivity contribution in [1.29, 1.82) is 0 Å². The molecule has 0 aliphatic rings. The Morgan fingerprint density at radius 2 is 1.68 bits per heavy atom. The van der Waals surface area contributed by atoms with Gasteiger partial charge in [0.2, 0.25) is 5.65 Å². The predicted molar refractivity (Wildman–Crippen MR) is 120 cm³/mol. The molecule has 5 rings (SSSR count). The van der Waals surface area contributed by atoms with Crippen molar-refractivity contribution in [3.05, 3.63) is 96.3 Å². The Bertz CT molecular complexity index is 1350. The van der Waals surface area contributed by atoms with Gasteiger partial charge in [-0.25, -0.2) is 4.98 Å². The van der Waals surface area contributed by atoms with Gasteiger partial charge < -0.3 is 10.6 Å². The molecular formula is C24H20N6O. The van der Waals surface area contributed by atoms with Crippen LogP contribution in [-0.4, -0.2) is 32.0 Å². The van der Waals surface area contributed by atoms with E-state index in [0.29, 0.717) is 23.6 Å². The van der Waals surface area contributed by atoms with Crippen LogP contribution in [0.25, 0.3) is 16.7 Å². The van der Waals surface area contributed by atoms with Crippen molar-refractivity contribution in [1.82, 2.24) is 24.9 Å². The van der Waals surface area contributed by atoms with E-state index < -0.39 is 0 Å². The molecular weight excluding hydrogens is 388 g/mol. The van der Waals surface area contributed by atoms with Crippen LogP contribution in [0.2, 0.25) is 0 Å². The molecule has 0 aliphatic heterocycles. The first kappa shape index (κ1) is 18.7. The van der Waals surface area contributed by atoms with Crippen LogP contribution < -0.4 is 10.6 Å². The third-order valence-corrected chi connectivity index (χ3v) is 5.08. The van der Waals surface area contributed by atoms with E-state index in [9.17, 15) is 4.79 Å². The van der Waals surface area contributed by atoms with Crippen LogP contribution in [-0.2, 0) is 6.42 Å². The second-order valence-electron chi connectivity index (χ2n) is 7.17. The second-order valence-corrected chi connectivity index (χ2v) is 7.17. The number of para-hydroxylation sites is 2. The fraction of sp³-hybridized carbons (Fsp3) is 0.0833. The van der Waals surface area contributed by atoms with Gasteiger partial charge in [-0.2, -0.15) is 0 Å². The second kappa shape index (κ2) is 8.23. The summed E-state index contributed by atoms with van der Waals surface area (Å²) < 4.78 is 1.90. The zero-order valence-corrected chi connectivity index (χ0v) is 16.7. The summed E-state index contributed by atoms with van der Waals surface area (Å²) in [6, 6.07) is 25.2. The zero-order chi connectivity index (χ0) is 21.0. The van der Waals surface area contributed by atoms with Crippen LogP contribution in [0, 0.1) is 0 Å². The first-order valence-electron chi connectivity index (χ1n) is 10.1. The Kier molecular flexibility index (Phi) is 4.98. The van der Waals surface area contributed by atoms with Crippen molar-refractivity contribution in [3.63, 3.8) is 0 Å². The number of hydrogen-bond acceptors (Lipinski definition) is 5. The number of carbonyl (C=O) groups excluding carboxylic acids is 1. The molecule has 0 radical (unpaired) electrons. The Labute approximate surface area is 178 Å². The van der Waals surface area contributed by atoms with Gasteiger partial charge in [-0.15, -0.1) is 10.2 Å². The molecule has 0 unspecified atom stereocenters. The van der Waals surface area contributed by atoms with Gasteiger partial charge in [0.15, 0.2) is 5.82 Å². The molecule has 0 saturated heterocycles. The molecule has 7 heteroatoms. The number of amides is 1. The minimum Gasteiger partial charge on any atom is -0.352 e. The SMILES string of the molecule is O=C(NCCc1ccccc1)c1ccc(Nc2nc3ccccc3n3cnnc23)cc1. The maximum atomic E-state index is 12.4. The van der Waals surface area contributed by atoms with Gasteiger partial charge in [0.1, 0.15) is 6.33 Å². The third-order valence-electron chi connectivity index (χ3n) is 5.08. The molecule has 3 aromatic carbocycles. The Morgan fingerprint density at radius 1 is 0.903 bits per heavy atom. The normalized spacial score (nSPS) is 11.0. The highest BCUT2D eigenvalue weighted by atomic mass is 16.1. The average molecular weight is 408 g/mol. The van der Waals surface area contributed by atoms with E-state index in [1.165, 1.54) is 5.56 Å². The van der Waals surface area contributed by atoms with Crippen LogP contribution >= 0.6 is 0 Å². The predicted octanol–water partition coefficient (Wildman–Crippen LogP) is 3.99. The average Bonchev–Trinajstić information content (AvgIpc) is 3.31. The van der Waals surface area contributed by atoms with Crippen LogP contribution in [0.5, 0.6) is 0 Å². The molecule has 7 nitrogen and oxygen atoms in total. The molecule has 0 bridgehead atoms. The number of benzene rings is 3. The van der Waals surface area contributed by atoms with Gasteiger partial charge in [-0.1, -0.05) is 42.5 Å². The number of nitrogens with zero attached hydrogens (tertiary/aromatic N) is 4. The summed E-state index contributed by atoms with van der Waals surface area (Å²) >= 11 is 0. The molecule has 0 aliphatic carbocycles. The van der Waals surface area contributed by atoms with E-state index in [4.69, 9.17) is 0 Å². The van der Waals surface area contributed by atoms with Gasteiger partial charge >= 0.3 is 0 Å². The van der Waals surface area contributed by atoms with Crippen molar-refractivity contribution in [2.75, 3.05) is 11.9 Å². The van der Waals surface area contributed by atoms with E-state index in [1.54, 1.807) is 18.5 Å². The van der Waals surface area contributed by atoms with E-state index in [1.807, 2.05) is 59.0 Å². The van der Waals surface area contributed by atoms with E-state index in [0.717, 1.165) is 23.1 Å². The fourth-order valence-electron chi connectivity index (χ4n) is 3.50. The smallest absolute Gasteiger partial charge is 0.251 e. The molecule has 2 N–H and O–H groups in total. The number of carbonyl (C=O) groups is 1. The van der Waals surface area contributed by atoms with Gasteiger partial charge in [-0.05, 0) is 48.4 Å². The third kappa shape index (κ3) is 3.93. The molecule has 152 valence electrons. The Balaban J connectivity index is 1.29. The maximum absolute atomic E-state index is 12.4. The summed E-state index contributed by atoms with van der Waals surface area (Å²) in [5.41, 5.74) is 5.04. The van der Waals surface area contributed by atoms with Crippen LogP contribution in [0.1, 0.15) is 15.9 Å². The van der Waals surface area contributed by atoms with Crippen LogP contribution in [0.4, 0.5) is 11.5 Å². The van der Waals surface area contributed by atoms with Crippen molar-refractivity contribution in [2.45, 2.75) is 6.42 Å². The molecule has 2 heterocycles. The summed E-state index contributed by atoms with van der Waals surface area (Å²) in [5, 5.41) is 14.5. The minimum absolute atomic E-state index is 0.0915. The highest BCUT2D eigenvalue weighted by Gasteiger charge is 2.11. The lowest BCUT2D eigenvalue weighted by molar-refractivity contribution is 0.0954. The first-order valence-corrected chi connectivity index (χ1v) is 10.1. The monoisotopic (exact) mass is 408 g/mol. The highest BCUT2D eigenvalue weighted by molar-refractivity contribution is 5.94. The van der Waals surface area contributed by atoms with Gasteiger partial charge in [0.25, 0.3) is 5.91 Å². The zero-order valence-electron chi connectivity index (χ0n) is 16.7. The van der Waals surface area contributed by atoms with Gasteiger partial charge in [0.05, 0.1) is 11.0 Å². The fourth-order valence-corrected chi connectivity index (χ4v) is 3.50. The molecule has 0 fully saturated rings. The van der Waals surface area contributed by atoms with Crippen molar-refractivity contribution >= 4 is 34.1 Å².